The highest BCUT2D eigenvalue weighted by molar-refractivity contribution is 6.09. The van der Waals surface area contributed by atoms with Crippen LogP contribution in [-0.4, -0.2) is 57.0 Å². The Labute approximate surface area is 215 Å². The van der Waals surface area contributed by atoms with Crippen LogP contribution in [0.2, 0.25) is 0 Å². The summed E-state index contributed by atoms with van der Waals surface area (Å²) in [6.45, 7) is 4.12. The number of amides is 1. The number of anilines is 1. The van der Waals surface area contributed by atoms with E-state index >= 15 is 0 Å². The number of aromatic nitrogens is 3. The van der Waals surface area contributed by atoms with Crippen LogP contribution in [0, 0.1) is 0 Å². The molecule has 1 fully saturated rings. The Balaban J connectivity index is 0.00000171. The summed E-state index contributed by atoms with van der Waals surface area (Å²) in [6, 6.07) is 15.8. The highest BCUT2D eigenvalue weighted by Crippen LogP contribution is 2.30. The van der Waals surface area contributed by atoms with Crippen molar-refractivity contribution in [2.75, 3.05) is 31.5 Å². The standard InChI is InChI=1S/C25H26N6O2.2ClH/c32-23(29-33)11-9-18-8-10-22-20(16-18)21-17-31(19-6-2-1-3-7-19)28-24(21)25(27-22)26-12-15-30-13-4-5-14-30;;/h1-3,6-11,16-17,33H,4-5,12-15H2,(H,26,27)(H,29,32);2*1H/b11-9+;;. The first-order chi connectivity index (χ1) is 16.2. The molecule has 1 amide bonds. The van der Waals surface area contributed by atoms with Crippen LogP contribution >= 0.6 is 24.8 Å². The van der Waals surface area contributed by atoms with Crippen LogP contribution in [0.3, 0.4) is 0 Å². The summed E-state index contributed by atoms with van der Waals surface area (Å²) in [5, 5.41) is 19.0. The van der Waals surface area contributed by atoms with Gasteiger partial charge in [0.25, 0.3) is 5.91 Å². The zero-order valence-corrected chi connectivity index (χ0v) is 20.7. The van der Waals surface area contributed by atoms with Gasteiger partial charge >= 0.3 is 0 Å². The number of nitrogens with zero attached hydrogens (tertiary/aromatic N) is 4. The van der Waals surface area contributed by atoms with Gasteiger partial charge in [-0.25, -0.2) is 15.1 Å². The van der Waals surface area contributed by atoms with Crippen molar-refractivity contribution in [3.63, 3.8) is 0 Å². The summed E-state index contributed by atoms with van der Waals surface area (Å²) < 4.78 is 1.87. The number of carbonyl (C=O) groups is 1. The molecule has 0 bridgehead atoms. The molecule has 2 aromatic heterocycles. The third kappa shape index (κ3) is 5.91. The molecule has 5 rings (SSSR count). The quantitative estimate of drug-likeness (QED) is 0.191. The van der Waals surface area contributed by atoms with E-state index in [0.717, 1.165) is 65.1 Å². The second-order valence-electron chi connectivity index (χ2n) is 8.19. The lowest BCUT2D eigenvalue weighted by Crippen LogP contribution is -2.26. The summed E-state index contributed by atoms with van der Waals surface area (Å²) in [4.78, 5) is 18.7. The van der Waals surface area contributed by atoms with Gasteiger partial charge in [0.15, 0.2) is 5.82 Å². The zero-order chi connectivity index (χ0) is 22.6. The number of hydroxylamine groups is 1. The van der Waals surface area contributed by atoms with Gasteiger partial charge in [0.05, 0.1) is 11.2 Å². The van der Waals surface area contributed by atoms with E-state index in [2.05, 4.69) is 10.2 Å². The van der Waals surface area contributed by atoms with E-state index in [9.17, 15) is 4.79 Å². The molecule has 2 aromatic carbocycles. The number of carbonyl (C=O) groups excluding carboxylic acids is 1. The minimum Gasteiger partial charge on any atom is -0.367 e. The maximum atomic E-state index is 11.4. The molecule has 184 valence electrons. The van der Waals surface area contributed by atoms with Crippen molar-refractivity contribution in [2.45, 2.75) is 12.8 Å². The lowest BCUT2D eigenvalue weighted by Gasteiger charge is -2.15. The van der Waals surface area contributed by atoms with E-state index in [4.69, 9.17) is 15.3 Å². The average molecular weight is 515 g/mol. The number of rotatable bonds is 7. The second kappa shape index (κ2) is 12.0. The van der Waals surface area contributed by atoms with Crippen LogP contribution in [0.25, 0.3) is 33.6 Å². The molecule has 0 unspecified atom stereocenters. The molecule has 1 aliphatic rings. The predicted molar refractivity (Wildman–Crippen MR) is 144 cm³/mol. The van der Waals surface area contributed by atoms with E-state index in [0.29, 0.717) is 0 Å². The van der Waals surface area contributed by atoms with Gasteiger partial charge in [0.1, 0.15) is 5.52 Å². The molecular formula is C25H28Cl2N6O2. The molecule has 3 N–H and O–H groups in total. The average Bonchev–Trinajstić information content (AvgIpc) is 3.54. The summed E-state index contributed by atoms with van der Waals surface area (Å²) in [6.07, 6.45) is 7.51. The molecule has 0 aliphatic carbocycles. The van der Waals surface area contributed by atoms with Crippen molar-refractivity contribution >= 4 is 64.4 Å². The number of pyridine rings is 1. The smallest absolute Gasteiger partial charge is 0.267 e. The third-order valence-electron chi connectivity index (χ3n) is 5.96. The van der Waals surface area contributed by atoms with Crippen LogP contribution < -0.4 is 10.8 Å². The first-order valence-corrected chi connectivity index (χ1v) is 11.2. The van der Waals surface area contributed by atoms with Gasteiger partial charge in [-0.3, -0.25) is 10.0 Å². The van der Waals surface area contributed by atoms with E-state index < -0.39 is 5.91 Å². The molecular weight excluding hydrogens is 487 g/mol. The van der Waals surface area contributed by atoms with Crippen molar-refractivity contribution in [2.24, 2.45) is 0 Å². The van der Waals surface area contributed by atoms with Crippen molar-refractivity contribution in [3.05, 3.63) is 66.4 Å². The number of likely N-dealkylation sites (tertiary alicyclic amines) is 1. The van der Waals surface area contributed by atoms with Gasteiger partial charge in [-0.15, -0.1) is 24.8 Å². The Bertz CT molecular complexity index is 1320. The molecule has 4 aromatic rings. The van der Waals surface area contributed by atoms with Gasteiger partial charge in [0, 0.05) is 36.1 Å². The predicted octanol–water partition coefficient (Wildman–Crippen LogP) is 4.44. The first-order valence-electron chi connectivity index (χ1n) is 11.2. The zero-order valence-electron chi connectivity index (χ0n) is 19.1. The van der Waals surface area contributed by atoms with E-state index in [1.54, 1.807) is 11.6 Å². The fourth-order valence-electron chi connectivity index (χ4n) is 4.27. The molecule has 10 heteroatoms. The third-order valence-corrected chi connectivity index (χ3v) is 5.96. The normalized spacial score (nSPS) is 13.6. The Kier molecular flexibility index (Phi) is 9.06. The van der Waals surface area contributed by atoms with Gasteiger partial charge in [-0.2, -0.15) is 5.10 Å². The second-order valence-corrected chi connectivity index (χ2v) is 8.19. The fourth-order valence-corrected chi connectivity index (χ4v) is 4.27. The Hall–Kier alpha value is -3.17. The first kappa shape index (κ1) is 26.4. The molecule has 8 nitrogen and oxygen atoms in total. The maximum Gasteiger partial charge on any atom is 0.267 e. The van der Waals surface area contributed by atoms with Crippen LogP contribution in [0.5, 0.6) is 0 Å². The lowest BCUT2D eigenvalue weighted by atomic mass is 10.1. The number of fused-ring (bicyclic) bond motifs is 3. The van der Waals surface area contributed by atoms with Crippen LogP contribution in [0.4, 0.5) is 5.82 Å². The maximum absolute atomic E-state index is 11.4. The van der Waals surface area contributed by atoms with Crippen molar-refractivity contribution in [1.29, 1.82) is 0 Å². The Morgan fingerprint density at radius 2 is 1.83 bits per heavy atom. The molecule has 35 heavy (non-hydrogen) atoms. The molecule has 0 spiro atoms. The Morgan fingerprint density at radius 3 is 2.57 bits per heavy atom. The summed E-state index contributed by atoms with van der Waals surface area (Å²) in [7, 11) is 0. The van der Waals surface area contributed by atoms with Crippen LogP contribution in [-0.2, 0) is 4.79 Å². The highest BCUT2D eigenvalue weighted by atomic mass is 35.5. The molecule has 0 radical (unpaired) electrons. The SMILES string of the molecule is Cl.Cl.O=C(/C=C/c1ccc2nc(NCCN3CCCC3)c3nn(-c4ccccc4)cc3c2c1)NO. The molecule has 3 heterocycles. The lowest BCUT2D eigenvalue weighted by molar-refractivity contribution is -0.124. The summed E-state index contributed by atoms with van der Waals surface area (Å²) >= 11 is 0. The monoisotopic (exact) mass is 514 g/mol. The van der Waals surface area contributed by atoms with Crippen molar-refractivity contribution < 1.29 is 10.0 Å². The summed E-state index contributed by atoms with van der Waals surface area (Å²) in [5.74, 6) is 0.196. The van der Waals surface area contributed by atoms with Gasteiger partial charge in [0.2, 0.25) is 0 Å². The molecule has 0 saturated carbocycles. The molecule has 1 saturated heterocycles. The van der Waals surface area contributed by atoms with Crippen LogP contribution in [0.15, 0.2) is 60.8 Å². The fraction of sp³-hybridized carbons (Fsp3) is 0.240. The van der Waals surface area contributed by atoms with E-state index in [1.165, 1.54) is 18.9 Å². The van der Waals surface area contributed by atoms with E-state index in [1.807, 2.05) is 59.4 Å². The topological polar surface area (TPSA) is 95.3 Å². The van der Waals surface area contributed by atoms with Crippen molar-refractivity contribution in [3.8, 4) is 5.69 Å². The van der Waals surface area contributed by atoms with E-state index in [-0.39, 0.29) is 24.8 Å². The highest BCUT2D eigenvalue weighted by Gasteiger charge is 2.15. The number of para-hydroxylation sites is 1. The largest absolute Gasteiger partial charge is 0.367 e. The van der Waals surface area contributed by atoms with Gasteiger partial charge in [-0.05, 0) is 61.8 Å². The molecule has 0 atom stereocenters. The number of hydrogen-bond acceptors (Lipinski definition) is 6. The van der Waals surface area contributed by atoms with Crippen LogP contribution in [0.1, 0.15) is 18.4 Å². The Morgan fingerprint density at radius 1 is 1.06 bits per heavy atom. The number of halogens is 2. The van der Waals surface area contributed by atoms with Gasteiger partial charge in [-0.1, -0.05) is 24.3 Å². The summed E-state index contributed by atoms with van der Waals surface area (Å²) in [5.41, 5.74) is 5.07. The van der Waals surface area contributed by atoms with Crippen molar-refractivity contribution in [1.82, 2.24) is 25.1 Å². The number of nitrogens with one attached hydrogen (secondary N) is 2. The molecule has 1 aliphatic heterocycles. The minimum atomic E-state index is -0.576. The minimum absolute atomic E-state index is 0. The number of hydrogen-bond donors (Lipinski definition) is 3. The number of benzene rings is 2. The van der Waals surface area contributed by atoms with Gasteiger partial charge < -0.3 is 10.2 Å².